The molecule has 4 atom stereocenters. The number of hydrogen-bond donors (Lipinski definition) is 0. The van der Waals surface area contributed by atoms with Gasteiger partial charge in [-0.05, 0) is 48.6 Å². The predicted octanol–water partition coefficient (Wildman–Crippen LogP) is 3.36. The highest BCUT2D eigenvalue weighted by atomic mass is 16.5. The van der Waals surface area contributed by atoms with Gasteiger partial charge in [0.25, 0.3) is 0 Å². The molecule has 1 aromatic carbocycles. The largest absolute Gasteiger partial charge is 0.423 e. The summed E-state index contributed by atoms with van der Waals surface area (Å²) < 4.78 is 5.43. The molecule has 2 bridgehead atoms. The van der Waals surface area contributed by atoms with Crippen LogP contribution in [0.25, 0.3) is 0 Å². The summed E-state index contributed by atoms with van der Waals surface area (Å²) in [6.07, 6.45) is 9.01. The highest BCUT2D eigenvalue weighted by molar-refractivity contribution is 5.90. The van der Waals surface area contributed by atoms with Crippen molar-refractivity contribution in [2.75, 3.05) is 0 Å². The van der Waals surface area contributed by atoms with Crippen molar-refractivity contribution in [1.29, 1.82) is 0 Å². The molecule has 0 saturated heterocycles. The third-order valence-electron chi connectivity index (χ3n) is 4.75. The fourth-order valence-corrected chi connectivity index (χ4v) is 3.86. The molecular weight excluding hydrogens is 236 g/mol. The highest BCUT2D eigenvalue weighted by Crippen LogP contribution is 2.54. The number of fused-ring (bicyclic) bond motifs is 5. The van der Waals surface area contributed by atoms with Crippen molar-refractivity contribution >= 4 is 5.97 Å². The summed E-state index contributed by atoms with van der Waals surface area (Å²) in [6.45, 7) is 0. The highest BCUT2D eigenvalue weighted by Gasteiger charge is 2.47. The second kappa shape index (κ2) is 4.09. The molecule has 1 saturated carbocycles. The number of para-hydroxylation sites is 1. The minimum atomic E-state index is -0.167. The zero-order chi connectivity index (χ0) is 12.8. The van der Waals surface area contributed by atoms with E-state index >= 15 is 0 Å². The molecule has 3 aliphatic rings. The van der Waals surface area contributed by atoms with E-state index in [1.807, 2.05) is 30.3 Å². The quantitative estimate of drug-likeness (QED) is 0.458. The van der Waals surface area contributed by atoms with Gasteiger partial charge >= 0.3 is 5.97 Å². The predicted molar refractivity (Wildman–Crippen MR) is 72.5 cm³/mol. The number of benzene rings is 1. The number of allylic oxidation sites excluding steroid dienone is 3. The molecule has 4 unspecified atom stereocenters. The second-order valence-electron chi connectivity index (χ2n) is 5.79. The number of carbonyl (C=O) groups is 1. The molecule has 96 valence electrons. The second-order valence-corrected chi connectivity index (χ2v) is 5.79. The summed E-state index contributed by atoms with van der Waals surface area (Å²) in [5.74, 6) is 3.04. The maximum atomic E-state index is 12.2. The first-order chi connectivity index (χ1) is 9.31. The van der Waals surface area contributed by atoms with Gasteiger partial charge in [-0.2, -0.15) is 0 Å². The first-order valence-electron chi connectivity index (χ1n) is 6.97. The van der Waals surface area contributed by atoms with E-state index in [0.717, 1.165) is 12.0 Å². The lowest BCUT2D eigenvalue weighted by Crippen LogP contribution is -2.14. The first kappa shape index (κ1) is 11.0. The number of ether oxygens (including phenoxy) is 1. The molecule has 0 heterocycles. The van der Waals surface area contributed by atoms with Gasteiger partial charge < -0.3 is 4.74 Å². The fraction of sp³-hybridized carbons (Fsp3) is 0.353. The van der Waals surface area contributed by atoms with E-state index in [4.69, 9.17) is 4.74 Å². The Morgan fingerprint density at radius 1 is 1.11 bits per heavy atom. The van der Waals surface area contributed by atoms with Crippen LogP contribution >= 0.6 is 0 Å². The van der Waals surface area contributed by atoms with Gasteiger partial charge in [-0.15, -0.1) is 0 Å². The van der Waals surface area contributed by atoms with E-state index in [9.17, 15) is 4.79 Å². The number of hydrogen-bond acceptors (Lipinski definition) is 2. The van der Waals surface area contributed by atoms with Crippen molar-refractivity contribution in [2.45, 2.75) is 12.8 Å². The minimum Gasteiger partial charge on any atom is -0.423 e. The maximum Gasteiger partial charge on any atom is 0.339 e. The van der Waals surface area contributed by atoms with E-state index < -0.39 is 0 Å². The Balaban J connectivity index is 1.50. The number of carbonyl (C=O) groups excluding carboxylic acids is 1. The lowest BCUT2D eigenvalue weighted by molar-refractivity contribution is -0.130. The van der Waals surface area contributed by atoms with Gasteiger partial charge in [0.15, 0.2) is 0 Å². The summed E-state index contributed by atoms with van der Waals surface area (Å²) in [5.41, 5.74) is 0.872. The van der Waals surface area contributed by atoms with E-state index in [1.165, 1.54) is 6.42 Å². The molecule has 1 fully saturated rings. The summed E-state index contributed by atoms with van der Waals surface area (Å²) >= 11 is 0. The molecule has 0 N–H and O–H groups in total. The molecule has 2 heteroatoms. The van der Waals surface area contributed by atoms with Crippen molar-refractivity contribution in [3.05, 3.63) is 54.1 Å². The smallest absolute Gasteiger partial charge is 0.339 e. The molecular formula is C17H16O2. The van der Waals surface area contributed by atoms with Crippen LogP contribution in [0, 0.1) is 23.7 Å². The van der Waals surface area contributed by atoms with Gasteiger partial charge in [0.05, 0.1) is 0 Å². The van der Waals surface area contributed by atoms with Crippen molar-refractivity contribution < 1.29 is 9.53 Å². The fourth-order valence-electron chi connectivity index (χ4n) is 3.86. The third-order valence-corrected chi connectivity index (χ3v) is 4.75. The Labute approximate surface area is 112 Å². The topological polar surface area (TPSA) is 26.3 Å². The standard InChI is InChI=1S/C17H16O2/c18-17(19-14-4-2-1-3-5-14)13-9-15-11-6-7-12(8-11)16(15)10-13/h1-7,9,11-12,15-16H,8,10H2. The normalized spacial score (nSPS) is 34.2. The van der Waals surface area contributed by atoms with Crippen molar-refractivity contribution in [1.82, 2.24) is 0 Å². The average Bonchev–Trinajstić information content (AvgIpc) is 3.12. The van der Waals surface area contributed by atoms with E-state index in [1.54, 1.807) is 0 Å². The number of rotatable bonds is 2. The van der Waals surface area contributed by atoms with Gasteiger partial charge in [-0.3, -0.25) is 0 Å². The lowest BCUT2D eigenvalue weighted by atomic mass is 9.85. The van der Waals surface area contributed by atoms with Crippen molar-refractivity contribution in [3.63, 3.8) is 0 Å². The molecule has 0 aliphatic heterocycles. The molecule has 3 aliphatic carbocycles. The van der Waals surface area contributed by atoms with Gasteiger partial charge in [0.1, 0.15) is 5.75 Å². The molecule has 1 aromatic rings. The SMILES string of the molecule is O=C(Oc1ccccc1)C1=CC2C3C=CC(C3)C2C1. The van der Waals surface area contributed by atoms with E-state index in [-0.39, 0.29) is 5.97 Å². The van der Waals surface area contributed by atoms with Crippen LogP contribution in [0.3, 0.4) is 0 Å². The Kier molecular flexibility index (Phi) is 2.37. The van der Waals surface area contributed by atoms with Gasteiger partial charge in [0.2, 0.25) is 0 Å². The summed E-state index contributed by atoms with van der Waals surface area (Å²) in [7, 11) is 0. The van der Waals surface area contributed by atoms with Gasteiger partial charge in [0, 0.05) is 5.57 Å². The van der Waals surface area contributed by atoms with Crippen LogP contribution in [0.2, 0.25) is 0 Å². The Morgan fingerprint density at radius 2 is 1.89 bits per heavy atom. The third kappa shape index (κ3) is 1.74. The molecule has 0 spiro atoms. The van der Waals surface area contributed by atoms with Crippen molar-refractivity contribution in [3.8, 4) is 5.75 Å². The summed E-state index contributed by atoms with van der Waals surface area (Å²) in [5, 5.41) is 0. The molecule has 4 rings (SSSR count). The van der Waals surface area contributed by atoms with Crippen LogP contribution < -0.4 is 4.74 Å². The van der Waals surface area contributed by atoms with E-state index in [0.29, 0.717) is 29.4 Å². The van der Waals surface area contributed by atoms with Crippen LogP contribution in [0.15, 0.2) is 54.1 Å². The van der Waals surface area contributed by atoms with Crippen LogP contribution in [0.1, 0.15) is 12.8 Å². The first-order valence-corrected chi connectivity index (χ1v) is 6.97. The van der Waals surface area contributed by atoms with E-state index in [2.05, 4.69) is 18.2 Å². The maximum absolute atomic E-state index is 12.2. The molecule has 0 aromatic heterocycles. The van der Waals surface area contributed by atoms with Crippen LogP contribution in [-0.2, 0) is 4.79 Å². The summed E-state index contributed by atoms with van der Waals surface area (Å²) in [4.78, 5) is 12.2. The van der Waals surface area contributed by atoms with Crippen molar-refractivity contribution in [2.24, 2.45) is 23.7 Å². The molecule has 2 nitrogen and oxygen atoms in total. The van der Waals surface area contributed by atoms with Crippen LogP contribution in [0.4, 0.5) is 0 Å². The molecule has 0 radical (unpaired) electrons. The molecule has 0 amide bonds. The Hall–Kier alpha value is -1.83. The average molecular weight is 252 g/mol. The molecule has 19 heavy (non-hydrogen) atoms. The summed E-state index contributed by atoms with van der Waals surface area (Å²) in [6, 6.07) is 9.31. The monoisotopic (exact) mass is 252 g/mol. The Bertz CT molecular complexity index is 570. The number of esters is 1. The van der Waals surface area contributed by atoms with Crippen LogP contribution in [-0.4, -0.2) is 5.97 Å². The van der Waals surface area contributed by atoms with Gasteiger partial charge in [-0.25, -0.2) is 4.79 Å². The van der Waals surface area contributed by atoms with Crippen LogP contribution in [0.5, 0.6) is 5.75 Å². The lowest BCUT2D eigenvalue weighted by Gasteiger charge is -2.19. The van der Waals surface area contributed by atoms with Gasteiger partial charge in [-0.1, -0.05) is 36.4 Å². The zero-order valence-corrected chi connectivity index (χ0v) is 10.7. The Morgan fingerprint density at radius 3 is 2.68 bits per heavy atom. The minimum absolute atomic E-state index is 0.167. The zero-order valence-electron chi connectivity index (χ0n) is 10.7.